The summed E-state index contributed by atoms with van der Waals surface area (Å²) in [6, 6.07) is 0.841. The number of aromatic nitrogens is 1. The normalized spacial score (nSPS) is 21.3. The molecule has 4 amide bonds. The van der Waals surface area contributed by atoms with Crippen molar-refractivity contribution in [3.05, 3.63) is 45.4 Å². The van der Waals surface area contributed by atoms with Crippen molar-refractivity contribution in [1.29, 1.82) is 0 Å². The van der Waals surface area contributed by atoms with Gasteiger partial charge in [-0.15, -0.1) is 11.3 Å². The van der Waals surface area contributed by atoms with Gasteiger partial charge < -0.3 is 20.9 Å². The van der Waals surface area contributed by atoms with Gasteiger partial charge in [0.1, 0.15) is 11.6 Å². The van der Waals surface area contributed by atoms with Crippen LogP contribution in [0.4, 0.5) is 14.5 Å². The first-order valence-corrected chi connectivity index (χ1v) is 13.0. The zero-order valence-corrected chi connectivity index (χ0v) is 22.2. The Morgan fingerprint density at radius 3 is 2.58 bits per heavy atom. The van der Waals surface area contributed by atoms with E-state index in [0.717, 1.165) is 34.1 Å². The van der Waals surface area contributed by atoms with Crippen LogP contribution in [0.25, 0.3) is 0 Å². The number of likely N-dealkylation sites (N-methyl/N-ethyl adjacent to an activating group) is 1. The zero-order valence-electron chi connectivity index (χ0n) is 21.4. The SMILES string of the molecule is CN1CCc2nc(C(=O)N[C@@H]3C[C@@H](C(=O)N(C)C)CC[C@@H]3N(C(=O)C(N)=O)c3ccc(F)cc3F)sc2C1. The van der Waals surface area contributed by atoms with Crippen LogP contribution in [-0.4, -0.2) is 78.2 Å². The van der Waals surface area contributed by atoms with Gasteiger partial charge in [-0.3, -0.25) is 24.1 Å². The van der Waals surface area contributed by atoms with Crippen molar-refractivity contribution in [2.24, 2.45) is 11.7 Å². The van der Waals surface area contributed by atoms with E-state index in [0.29, 0.717) is 25.5 Å². The summed E-state index contributed by atoms with van der Waals surface area (Å²) >= 11 is 1.27. The van der Waals surface area contributed by atoms with Crippen molar-refractivity contribution < 1.29 is 28.0 Å². The highest BCUT2D eigenvalue weighted by atomic mass is 32.1. The van der Waals surface area contributed by atoms with Gasteiger partial charge in [-0.1, -0.05) is 0 Å². The Labute approximate surface area is 222 Å². The lowest BCUT2D eigenvalue weighted by atomic mass is 9.80. The number of thiazole rings is 1. The van der Waals surface area contributed by atoms with E-state index in [1.807, 2.05) is 7.05 Å². The number of rotatable bonds is 5. The van der Waals surface area contributed by atoms with Crippen molar-refractivity contribution in [3.63, 3.8) is 0 Å². The third-order valence-corrected chi connectivity index (χ3v) is 8.05. The number of primary amides is 1. The minimum Gasteiger partial charge on any atom is -0.361 e. The molecule has 0 radical (unpaired) electrons. The van der Waals surface area contributed by atoms with Gasteiger partial charge >= 0.3 is 11.8 Å². The van der Waals surface area contributed by atoms with E-state index < -0.39 is 47.4 Å². The molecule has 10 nitrogen and oxygen atoms in total. The summed E-state index contributed by atoms with van der Waals surface area (Å²) in [5, 5.41) is 3.13. The van der Waals surface area contributed by atoms with Crippen LogP contribution in [0.2, 0.25) is 0 Å². The van der Waals surface area contributed by atoms with E-state index in [9.17, 15) is 28.0 Å². The summed E-state index contributed by atoms with van der Waals surface area (Å²) in [6.45, 7) is 1.50. The average Bonchev–Trinajstić information content (AvgIpc) is 3.28. The van der Waals surface area contributed by atoms with Gasteiger partial charge in [0.15, 0.2) is 5.01 Å². The summed E-state index contributed by atoms with van der Waals surface area (Å²) in [4.78, 5) is 61.0. The molecule has 1 aliphatic heterocycles. The number of fused-ring (bicyclic) bond motifs is 1. The predicted octanol–water partition coefficient (Wildman–Crippen LogP) is 1.28. The highest BCUT2D eigenvalue weighted by Gasteiger charge is 2.42. The maximum absolute atomic E-state index is 14.9. The lowest BCUT2D eigenvalue weighted by molar-refractivity contribution is -0.136. The standard InChI is InChI=1S/C25H30F2N6O4S/c1-31(2)24(36)13-4-6-19(33(25(37)21(28)34)18-7-5-14(26)11-15(18)27)17(10-13)29-22(35)23-30-16-8-9-32(3)12-20(16)38-23/h5,7,11,13,17,19H,4,6,8-10,12H2,1-3H3,(H2,28,34)(H,29,35)/t13-,17+,19-/m0/s1. The van der Waals surface area contributed by atoms with E-state index in [2.05, 4.69) is 15.2 Å². The molecule has 1 aliphatic carbocycles. The van der Waals surface area contributed by atoms with E-state index in [-0.39, 0.29) is 29.4 Å². The molecule has 2 heterocycles. The molecule has 3 atom stereocenters. The van der Waals surface area contributed by atoms with Crippen LogP contribution in [0.15, 0.2) is 18.2 Å². The molecule has 0 saturated heterocycles. The minimum atomic E-state index is -1.33. The number of amides is 4. The second kappa shape index (κ2) is 11.1. The first kappa shape index (κ1) is 27.6. The van der Waals surface area contributed by atoms with Crippen molar-refractivity contribution >= 4 is 40.7 Å². The highest BCUT2D eigenvalue weighted by Crippen LogP contribution is 2.34. The van der Waals surface area contributed by atoms with Crippen LogP contribution in [-0.2, 0) is 27.3 Å². The fourth-order valence-corrected chi connectivity index (χ4v) is 6.18. The van der Waals surface area contributed by atoms with Gasteiger partial charge in [0, 0.05) is 50.5 Å². The summed E-state index contributed by atoms with van der Waals surface area (Å²) in [6.07, 6.45) is 1.32. The maximum Gasteiger partial charge on any atom is 0.316 e. The van der Waals surface area contributed by atoms with Crippen LogP contribution in [0.3, 0.4) is 0 Å². The second-order valence-corrected chi connectivity index (χ2v) is 11.0. The van der Waals surface area contributed by atoms with Crippen molar-refractivity contribution in [2.45, 2.75) is 44.3 Å². The third-order valence-electron chi connectivity index (χ3n) is 6.97. The Kier molecular flexibility index (Phi) is 8.07. The van der Waals surface area contributed by atoms with Crippen LogP contribution in [0, 0.1) is 17.6 Å². The molecule has 1 aromatic carbocycles. The fourth-order valence-electron chi connectivity index (χ4n) is 5.09. The van der Waals surface area contributed by atoms with Crippen molar-refractivity contribution in [3.8, 4) is 0 Å². The van der Waals surface area contributed by atoms with Crippen LogP contribution < -0.4 is 16.0 Å². The monoisotopic (exact) mass is 548 g/mol. The number of anilines is 1. The van der Waals surface area contributed by atoms with Gasteiger partial charge in [-0.25, -0.2) is 13.8 Å². The Bertz CT molecular complexity index is 1270. The van der Waals surface area contributed by atoms with Gasteiger partial charge in [-0.05, 0) is 38.4 Å². The number of nitrogens with two attached hydrogens (primary N) is 1. The van der Waals surface area contributed by atoms with Crippen LogP contribution >= 0.6 is 11.3 Å². The molecule has 4 rings (SSSR count). The molecular formula is C25H30F2N6O4S. The molecule has 1 aromatic heterocycles. The van der Waals surface area contributed by atoms with Gasteiger partial charge in [0.05, 0.1) is 23.5 Å². The molecular weight excluding hydrogens is 518 g/mol. The number of halogens is 2. The number of hydrogen-bond acceptors (Lipinski definition) is 7. The average molecular weight is 549 g/mol. The van der Waals surface area contributed by atoms with Crippen LogP contribution in [0.1, 0.15) is 39.6 Å². The molecule has 204 valence electrons. The Morgan fingerprint density at radius 2 is 1.92 bits per heavy atom. The molecule has 2 aliphatic rings. The summed E-state index contributed by atoms with van der Waals surface area (Å²) in [7, 11) is 5.22. The highest BCUT2D eigenvalue weighted by molar-refractivity contribution is 7.13. The zero-order chi connectivity index (χ0) is 27.7. The topological polar surface area (TPSA) is 129 Å². The minimum absolute atomic E-state index is 0.132. The maximum atomic E-state index is 14.9. The molecule has 1 fully saturated rings. The smallest absolute Gasteiger partial charge is 0.316 e. The summed E-state index contributed by atoms with van der Waals surface area (Å²) in [5.74, 6) is -5.59. The predicted molar refractivity (Wildman–Crippen MR) is 136 cm³/mol. The number of nitrogens with zero attached hydrogens (tertiary/aromatic N) is 4. The van der Waals surface area contributed by atoms with Crippen molar-refractivity contribution in [2.75, 3.05) is 32.6 Å². The number of carbonyl (C=O) groups is 4. The first-order valence-electron chi connectivity index (χ1n) is 12.2. The number of carbonyl (C=O) groups excluding carboxylic acids is 4. The Morgan fingerprint density at radius 1 is 1.18 bits per heavy atom. The fraction of sp³-hybridized carbons (Fsp3) is 0.480. The molecule has 13 heteroatoms. The molecule has 1 saturated carbocycles. The van der Waals surface area contributed by atoms with Gasteiger partial charge in [-0.2, -0.15) is 0 Å². The summed E-state index contributed by atoms with van der Waals surface area (Å²) in [5.41, 5.74) is 5.81. The van der Waals surface area contributed by atoms with E-state index in [1.165, 1.54) is 16.2 Å². The number of hydrogen-bond donors (Lipinski definition) is 2. The Hall–Kier alpha value is -3.45. The first-order chi connectivity index (χ1) is 18.0. The number of benzene rings is 1. The lowest BCUT2D eigenvalue weighted by Crippen LogP contribution is -2.59. The second-order valence-electron chi connectivity index (χ2n) is 9.90. The molecule has 3 N–H and O–H groups in total. The summed E-state index contributed by atoms with van der Waals surface area (Å²) < 4.78 is 28.5. The third kappa shape index (κ3) is 5.68. The molecule has 38 heavy (non-hydrogen) atoms. The molecule has 0 bridgehead atoms. The van der Waals surface area contributed by atoms with Gasteiger partial charge in [0.25, 0.3) is 5.91 Å². The van der Waals surface area contributed by atoms with E-state index >= 15 is 0 Å². The molecule has 0 spiro atoms. The van der Waals surface area contributed by atoms with Crippen molar-refractivity contribution in [1.82, 2.24) is 20.1 Å². The quantitative estimate of drug-likeness (QED) is 0.542. The van der Waals surface area contributed by atoms with E-state index in [4.69, 9.17) is 5.73 Å². The largest absolute Gasteiger partial charge is 0.361 e. The van der Waals surface area contributed by atoms with Crippen LogP contribution in [0.5, 0.6) is 0 Å². The molecule has 0 unspecified atom stereocenters. The lowest BCUT2D eigenvalue weighted by Gasteiger charge is -2.42. The van der Waals surface area contributed by atoms with Gasteiger partial charge in [0.2, 0.25) is 5.91 Å². The molecule has 2 aromatic rings. The Balaban J connectivity index is 1.69. The number of nitrogens with one attached hydrogen (secondary N) is 1. The van der Waals surface area contributed by atoms with E-state index in [1.54, 1.807) is 14.1 Å².